The smallest absolute Gasteiger partial charge is 1.00 e. The fourth-order valence-electron chi connectivity index (χ4n) is 2.83. The van der Waals surface area contributed by atoms with E-state index in [0.717, 1.165) is 6.42 Å². The van der Waals surface area contributed by atoms with Crippen LogP contribution < -0.4 is 9.41 Å². The number of rotatable bonds is 1. The second-order valence-electron chi connectivity index (χ2n) is 5.97. The van der Waals surface area contributed by atoms with E-state index in [4.69, 9.17) is 0 Å². The third-order valence-corrected chi connectivity index (χ3v) is 4.90. The van der Waals surface area contributed by atoms with Crippen LogP contribution in [0.25, 0.3) is 10.8 Å². The second kappa shape index (κ2) is 10.7. The first-order valence-electron chi connectivity index (χ1n) is 7.79. The topological polar surface area (TPSA) is 0 Å². The number of hydrogen-bond donors (Lipinski definition) is 0. The van der Waals surface area contributed by atoms with E-state index in [9.17, 15) is 0 Å². The molecule has 0 heterocycles. The first kappa shape index (κ1) is 25.2. The Morgan fingerprint density at radius 2 is 1.42 bits per heavy atom. The van der Waals surface area contributed by atoms with Crippen LogP contribution >= 0.6 is 0 Å². The maximum atomic E-state index is 2.26. The summed E-state index contributed by atoms with van der Waals surface area (Å²) in [6.45, 7) is 13.2. The molecular weight excluding hydrogens is 381 g/mol. The van der Waals surface area contributed by atoms with E-state index in [0.29, 0.717) is 0 Å². The average molecular weight is 408 g/mol. The molecule has 128 valence electrons. The Kier molecular flexibility index (Phi) is 11.2. The Morgan fingerprint density at radius 3 is 1.79 bits per heavy atom. The molecule has 0 radical (unpaired) electrons. The summed E-state index contributed by atoms with van der Waals surface area (Å²) in [5.74, 6) is 0. The number of benzene rings is 1. The minimum Gasteiger partial charge on any atom is -1.00 e. The van der Waals surface area contributed by atoms with Gasteiger partial charge in [-0.25, -0.2) is 0 Å². The van der Waals surface area contributed by atoms with Gasteiger partial charge in [0.15, 0.2) is 0 Å². The monoisotopic (exact) mass is 406 g/mol. The van der Waals surface area contributed by atoms with Crippen LogP contribution in [0.4, 0.5) is 0 Å². The van der Waals surface area contributed by atoms with Gasteiger partial charge >= 0.3 is 26.2 Å². The van der Waals surface area contributed by atoms with Gasteiger partial charge in [-0.3, -0.25) is 0 Å². The van der Waals surface area contributed by atoms with Crippen molar-refractivity contribution in [1.82, 2.24) is 0 Å². The van der Waals surface area contributed by atoms with Gasteiger partial charge in [0.05, 0.1) is 0 Å². The third kappa shape index (κ3) is 5.21. The maximum absolute atomic E-state index is 2.26. The van der Waals surface area contributed by atoms with Gasteiger partial charge in [0.1, 0.15) is 0 Å². The zero-order chi connectivity index (χ0) is 15.6. The van der Waals surface area contributed by atoms with Crippen molar-refractivity contribution < 1.29 is 35.6 Å². The van der Waals surface area contributed by atoms with Crippen LogP contribution in [0, 0.1) is 34.6 Å². The van der Waals surface area contributed by atoms with Crippen LogP contribution in [0.2, 0.25) is 0 Å². The molecule has 3 rings (SSSR count). The Hall–Kier alpha value is -1.08. The van der Waals surface area contributed by atoms with Crippen molar-refractivity contribution in [2.75, 3.05) is 0 Å². The molecule has 0 saturated carbocycles. The molecule has 0 amide bonds. The fraction of sp³-hybridized carbons (Fsp3) is 0.333. The Balaban J connectivity index is 0. The van der Waals surface area contributed by atoms with Crippen molar-refractivity contribution in [2.45, 2.75) is 48.0 Å². The van der Waals surface area contributed by atoms with Crippen LogP contribution in [0.1, 0.15) is 40.3 Å². The van der Waals surface area contributed by atoms with Crippen molar-refractivity contribution in [3.63, 3.8) is 0 Å². The van der Waals surface area contributed by atoms with E-state index >= 15 is 0 Å². The molecule has 0 aliphatic rings. The molecule has 24 heavy (non-hydrogen) atoms. The van der Waals surface area contributed by atoms with Crippen molar-refractivity contribution >= 4 is 10.8 Å². The van der Waals surface area contributed by atoms with Gasteiger partial charge in [0.25, 0.3) is 0 Å². The summed E-state index contributed by atoms with van der Waals surface area (Å²) in [6.07, 6.45) is 1.13. The van der Waals surface area contributed by atoms with Gasteiger partial charge in [-0.2, -0.15) is 33.9 Å². The number of halogens is 2. The predicted octanol–water partition coefficient (Wildman–Crippen LogP) is 0.0742. The van der Waals surface area contributed by atoms with E-state index < -0.39 is 0 Å². The van der Waals surface area contributed by atoms with Crippen molar-refractivity contribution in [3.8, 4) is 0 Å². The minimum absolute atomic E-state index is 0. The van der Waals surface area contributed by atoms with E-state index in [1.54, 1.807) is 0 Å². The SMILES string of the molecule is CCc1cc2ccccc2[cH-]1.Cc1c(C)c(C)[c-](C)c1C.[F-].[F-].[Zr+4]. The molecule has 0 aliphatic heterocycles. The molecule has 0 nitrogen and oxygen atoms in total. The van der Waals surface area contributed by atoms with Gasteiger partial charge in [-0.1, -0.05) is 47.6 Å². The van der Waals surface area contributed by atoms with Crippen LogP contribution in [0.15, 0.2) is 36.4 Å². The summed E-state index contributed by atoms with van der Waals surface area (Å²) >= 11 is 0. The molecule has 0 spiro atoms. The molecule has 3 heteroatoms. The summed E-state index contributed by atoms with van der Waals surface area (Å²) in [5.41, 5.74) is 8.77. The first-order chi connectivity index (χ1) is 9.95. The van der Waals surface area contributed by atoms with Gasteiger partial charge in [0.2, 0.25) is 0 Å². The average Bonchev–Trinajstić information content (AvgIpc) is 3.00. The maximum Gasteiger partial charge on any atom is 4.00 e. The normalized spacial score (nSPS) is 9.25. The van der Waals surface area contributed by atoms with E-state index in [2.05, 4.69) is 77.9 Å². The predicted molar refractivity (Wildman–Crippen MR) is 94.6 cm³/mol. The molecule has 3 aromatic rings. The molecule has 0 aliphatic carbocycles. The zero-order valence-corrected chi connectivity index (χ0v) is 17.9. The van der Waals surface area contributed by atoms with Crippen LogP contribution in [0.3, 0.4) is 0 Å². The second-order valence-corrected chi connectivity index (χ2v) is 5.97. The molecular formula is C21H26F2Zr. The van der Waals surface area contributed by atoms with Gasteiger partial charge in [-0.05, 0) is 6.42 Å². The Bertz CT molecular complexity index is 637. The fourth-order valence-corrected chi connectivity index (χ4v) is 2.83. The van der Waals surface area contributed by atoms with Gasteiger partial charge < -0.3 is 9.41 Å². The summed E-state index contributed by atoms with van der Waals surface area (Å²) in [7, 11) is 0. The van der Waals surface area contributed by atoms with Crippen molar-refractivity contribution in [2.24, 2.45) is 0 Å². The van der Waals surface area contributed by atoms with Crippen LogP contribution in [0.5, 0.6) is 0 Å². The third-order valence-electron chi connectivity index (χ3n) is 4.90. The van der Waals surface area contributed by atoms with E-state index in [1.165, 1.54) is 44.2 Å². The molecule has 0 fully saturated rings. The number of fused-ring (bicyclic) bond motifs is 1. The van der Waals surface area contributed by atoms with Gasteiger partial charge in [0, 0.05) is 0 Å². The van der Waals surface area contributed by atoms with Crippen LogP contribution in [-0.4, -0.2) is 0 Å². The quantitative estimate of drug-likeness (QED) is 0.501. The van der Waals surface area contributed by atoms with E-state index in [-0.39, 0.29) is 35.6 Å². The minimum atomic E-state index is 0. The molecule has 0 N–H and O–H groups in total. The molecule has 0 bridgehead atoms. The van der Waals surface area contributed by atoms with E-state index in [1.807, 2.05) is 0 Å². The van der Waals surface area contributed by atoms with Crippen molar-refractivity contribution in [3.05, 3.63) is 69.8 Å². The van der Waals surface area contributed by atoms with Gasteiger partial charge in [-0.15, -0.1) is 40.6 Å². The summed E-state index contributed by atoms with van der Waals surface area (Å²) in [6, 6.07) is 13.0. The molecule has 0 unspecified atom stereocenters. The number of aryl methyl sites for hydroxylation is 1. The molecule has 0 atom stereocenters. The Morgan fingerprint density at radius 1 is 0.917 bits per heavy atom. The Labute approximate surface area is 163 Å². The summed E-state index contributed by atoms with van der Waals surface area (Å²) in [5, 5.41) is 2.73. The van der Waals surface area contributed by atoms with Crippen molar-refractivity contribution in [1.29, 1.82) is 0 Å². The zero-order valence-electron chi connectivity index (χ0n) is 15.4. The standard InChI is InChI=1S/C11H11.C10H15.2FH.Zr/c1-2-9-7-10-5-3-4-6-11(10)8-9;1-6-7(2)9(4)10(5)8(6)3;;;/h3-8H,2H2,1H3;1-5H3;2*1H;/q2*-1;;;+4/p-2. The van der Waals surface area contributed by atoms with Crippen LogP contribution in [-0.2, 0) is 32.6 Å². The number of hydrogen-bond acceptors (Lipinski definition) is 0. The largest absolute Gasteiger partial charge is 4.00 e. The molecule has 0 aromatic heterocycles. The molecule has 3 aromatic carbocycles. The summed E-state index contributed by atoms with van der Waals surface area (Å²) in [4.78, 5) is 0. The first-order valence-corrected chi connectivity index (χ1v) is 7.79. The molecule has 0 saturated heterocycles. The summed E-state index contributed by atoms with van der Waals surface area (Å²) < 4.78 is 0.